The molecule has 2 heterocycles. The number of methoxy groups -OCH3 is 2. The number of thioether (sulfide) groups is 1. The van der Waals surface area contributed by atoms with Gasteiger partial charge in [-0.3, -0.25) is 0 Å². The Morgan fingerprint density at radius 2 is 1.86 bits per heavy atom. The van der Waals surface area contributed by atoms with Crippen molar-refractivity contribution in [3.63, 3.8) is 0 Å². The number of rotatable bonds is 6. The lowest BCUT2D eigenvalue weighted by atomic mass is 10.0. The summed E-state index contributed by atoms with van der Waals surface area (Å²) in [6, 6.07) is 13.5. The predicted molar refractivity (Wildman–Crippen MR) is 116 cm³/mol. The molecule has 0 aliphatic carbocycles. The molecule has 7 heteroatoms. The molecule has 0 amide bonds. The van der Waals surface area contributed by atoms with Crippen LogP contribution in [0.2, 0.25) is 0 Å². The van der Waals surface area contributed by atoms with Crippen LogP contribution >= 0.6 is 11.8 Å². The molecule has 2 aromatic rings. The number of aliphatic hydroxyl groups is 1. The van der Waals surface area contributed by atoms with E-state index in [1.54, 1.807) is 26.0 Å². The molecule has 0 unspecified atom stereocenters. The second-order valence-electron chi connectivity index (χ2n) is 7.03. The Bertz CT molecular complexity index is 916. The Balaban J connectivity index is 1.77. The van der Waals surface area contributed by atoms with Crippen LogP contribution in [0.15, 0.2) is 42.5 Å². The van der Waals surface area contributed by atoms with Gasteiger partial charge in [-0.15, -0.1) is 0 Å². The van der Waals surface area contributed by atoms with Crippen molar-refractivity contribution in [2.45, 2.75) is 19.1 Å². The van der Waals surface area contributed by atoms with Crippen LogP contribution in [-0.2, 0) is 5.72 Å². The highest BCUT2D eigenvalue weighted by Gasteiger charge is 2.53. The van der Waals surface area contributed by atoms with Gasteiger partial charge >= 0.3 is 5.17 Å². The summed E-state index contributed by atoms with van der Waals surface area (Å²) in [5.74, 6) is 3.33. The Morgan fingerprint density at radius 3 is 2.55 bits per heavy atom. The van der Waals surface area contributed by atoms with Crippen molar-refractivity contribution in [3.8, 4) is 17.2 Å². The topological polar surface area (TPSA) is 54.2 Å². The highest BCUT2D eigenvalue weighted by Crippen LogP contribution is 2.42. The van der Waals surface area contributed by atoms with E-state index in [-0.39, 0.29) is 0 Å². The first-order valence-corrected chi connectivity index (χ1v) is 10.8. The van der Waals surface area contributed by atoms with Crippen LogP contribution in [0, 0.1) is 0 Å². The number of amidine groups is 1. The average Bonchev–Trinajstić information content (AvgIpc) is 3.08. The Labute approximate surface area is 175 Å². The molecule has 1 N–H and O–H groups in total. The number of benzene rings is 2. The Morgan fingerprint density at radius 1 is 1.10 bits per heavy atom. The van der Waals surface area contributed by atoms with Crippen LogP contribution in [0.4, 0.5) is 5.69 Å². The summed E-state index contributed by atoms with van der Waals surface area (Å²) in [5, 5.41) is 12.9. The molecule has 0 spiro atoms. The highest BCUT2D eigenvalue weighted by molar-refractivity contribution is 8.13. The van der Waals surface area contributed by atoms with Crippen molar-refractivity contribution < 1.29 is 23.9 Å². The predicted octanol–water partition coefficient (Wildman–Crippen LogP) is 3.27. The van der Waals surface area contributed by atoms with Crippen LogP contribution in [0.5, 0.6) is 17.2 Å². The van der Waals surface area contributed by atoms with Crippen molar-refractivity contribution in [2.75, 3.05) is 44.6 Å². The fourth-order valence-corrected chi connectivity index (χ4v) is 5.10. The van der Waals surface area contributed by atoms with Gasteiger partial charge in [0.05, 0.1) is 27.4 Å². The summed E-state index contributed by atoms with van der Waals surface area (Å²) < 4.78 is 18.7. The second-order valence-corrected chi connectivity index (χ2v) is 8.10. The third-order valence-corrected chi connectivity index (χ3v) is 6.54. The monoisotopic (exact) mass is 415 g/mol. The van der Waals surface area contributed by atoms with Gasteiger partial charge in [-0.2, -0.15) is 0 Å². The first-order valence-electron chi connectivity index (χ1n) is 9.83. The first-order chi connectivity index (χ1) is 14.1. The van der Waals surface area contributed by atoms with E-state index in [1.807, 2.05) is 49.4 Å². The highest BCUT2D eigenvalue weighted by atomic mass is 32.2. The molecule has 0 radical (unpaired) electrons. The number of ether oxygens (including phenoxy) is 3. The smallest absolute Gasteiger partial charge is 0.316 e. The second kappa shape index (κ2) is 8.16. The van der Waals surface area contributed by atoms with Gasteiger partial charge in [-0.1, -0.05) is 0 Å². The number of anilines is 1. The third-order valence-electron chi connectivity index (χ3n) is 5.35. The van der Waals surface area contributed by atoms with Gasteiger partial charge in [-0.25, -0.2) is 9.48 Å². The molecule has 29 heavy (non-hydrogen) atoms. The third kappa shape index (κ3) is 3.53. The van der Waals surface area contributed by atoms with Crippen molar-refractivity contribution in [2.24, 2.45) is 0 Å². The summed E-state index contributed by atoms with van der Waals surface area (Å²) in [6.45, 7) is 3.79. The van der Waals surface area contributed by atoms with Crippen molar-refractivity contribution in [1.82, 2.24) is 0 Å². The fraction of sp³-hybridized carbons (Fsp3) is 0.409. The van der Waals surface area contributed by atoms with Crippen LogP contribution in [0.25, 0.3) is 0 Å². The Hall–Kier alpha value is -2.38. The van der Waals surface area contributed by atoms with Gasteiger partial charge < -0.3 is 19.3 Å². The summed E-state index contributed by atoms with van der Waals surface area (Å²) in [4.78, 5) is 2.14. The van der Waals surface area contributed by atoms with Gasteiger partial charge in [0, 0.05) is 17.4 Å². The van der Waals surface area contributed by atoms with Crippen molar-refractivity contribution >= 4 is 22.6 Å². The van der Waals surface area contributed by atoms with E-state index in [4.69, 9.17) is 14.2 Å². The average molecular weight is 416 g/mol. The molecule has 0 aromatic heterocycles. The molecule has 6 nitrogen and oxygen atoms in total. The van der Waals surface area contributed by atoms with Crippen LogP contribution in [-0.4, -0.2) is 54.5 Å². The van der Waals surface area contributed by atoms with Crippen molar-refractivity contribution in [1.29, 1.82) is 0 Å². The normalized spacial score (nSPS) is 21.2. The molecule has 0 fully saturated rings. The van der Waals surface area contributed by atoms with Gasteiger partial charge in [-0.05, 0) is 61.5 Å². The van der Waals surface area contributed by atoms with Crippen LogP contribution in [0.1, 0.15) is 18.9 Å². The summed E-state index contributed by atoms with van der Waals surface area (Å²) in [7, 11) is 3.32. The van der Waals surface area contributed by atoms with E-state index in [2.05, 4.69) is 9.48 Å². The molecular weight excluding hydrogens is 388 g/mol. The maximum Gasteiger partial charge on any atom is 0.316 e. The van der Waals surface area contributed by atoms with Crippen LogP contribution < -0.4 is 19.1 Å². The lowest BCUT2D eigenvalue weighted by Crippen LogP contribution is -2.41. The largest absolute Gasteiger partial charge is 0.497 e. The summed E-state index contributed by atoms with van der Waals surface area (Å²) in [6.07, 6.45) is 1.02. The molecule has 1 atom stereocenters. The zero-order valence-electron chi connectivity index (χ0n) is 17.1. The maximum atomic E-state index is 11.8. The number of β-amino-alcohol motifs (C(OH)–C–C–N with tert-alkyl or cyclic N) is 1. The first kappa shape index (κ1) is 19.9. The minimum absolute atomic E-state index is 0.410. The van der Waals surface area contributed by atoms with Crippen molar-refractivity contribution in [3.05, 3.63) is 48.0 Å². The lowest BCUT2D eigenvalue weighted by Gasteiger charge is -2.24. The molecule has 2 aliphatic rings. The van der Waals surface area contributed by atoms with E-state index in [9.17, 15) is 5.11 Å². The van der Waals surface area contributed by atoms with Crippen LogP contribution in [0.3, 0.4) is 0 Å². The maximum absolute atomic E-state index is 11.8. The molecule has 4 rings (SSSR count). The molecule has 2 aliphatic heterocycles. The van der Waals surface area contributed by atoms with E-state index >= 15 is 0 Å². The zero-order valence-corrected chi connectivity index (χ0v) is 17.9. The number of hydrogen-bond donors (Lipinski definition) is 1. The summed E-state index contributed by atoms with van der Waals surface area (Å²) >= 11 is 1.77. The minimum atomic E-state index is -1.12. The molecule has 0 saturated heterocycles. The SMILES string of the molecule is CCOc1ccc([C@@]2(O)CN(c3cc(OC)ccc3OC)C3=[N+]2CCCS3)cc1. The minimum Gasteiger partial charge on any atom is -0.497 e. The molecule has 0 bridgehead atoms. The molecule has 2 aromatic carbocycles. The zero-order chi connectivity index (χ0) is 20.4. The van der Waals surface area contributed by atoms with Gasteiger partial charge in [0.1, 0.15) is 11.5 Å². The summed E-state index contributed by atoms with van der Waals surface area (Å²) in [5.41, 5.74) is 0.620. The fourth-order valence-electron chi connectivity index (χ4n) is 3.93. The Kier molecular flexibility index (Phi) is 5.61. The van der Waals surface area contributed by atoms with E-state index < -0.39 is 5.72 Å². The lowest BCUT2D eigenvalue weighted by molar-refractivity contribution is -0.656. The van der Waals surface area contributed by atoms with Gasteiger partial charge in [0.2, 0.25) is 0 Å². The molecule has 154 valence electrons. The standard InChI is InChI=1S/C22H27N2O4S/c1-4-28-17-8-6-16(7-9-17)22(25)15-23(21-24(22)12-5-13-29-21)19-14-18(26-2)10-11-20(19)27-3/h6-11,14,25H,4-5,12-13,15H2,1-3H3/q+1/t22-/m0/s1. The molecular formula is C22H27N2O4S+. The van der Waals surface area contributed by atoms with Gasteiger partial charge in [0.15, 0.2) is 18.0 Å². The van der Waals surface area contributed by atoms with E-state index in [0.29, 0.717) is 13.2 Å². The number of nitrogens with zero attached hydrogens (tertiary/aromatic N) is 2. The van der Waals surface area contributed by atoms with E-state index in [0.717, 1.165) is 52.4 Å². The van der Waals surface area contributed by atoms with E-state index in [1.165, 1.54) is 0 Å². The molecule has 0 saturated carbocycles. The van der Waals surface area contributed by atoms with Gasteiger partial charge in [0.25, 0.3) is 5.72 Å². The quantitative estimate of drug-likeness (QED) is 0.731. The number of hydrogen-bond acceptors (Lipinski definition) is 6.